The molecule has 0 radical (unpaired) electrons. The number of anilines is 1. The van der Waals surface area contributed by atoms with Gasteiger partial charge in [0.15, 0.2) is 11.5 Å². The first kappa shape index (κ1) is 24.2. The first-order valence-electron chi connectivity index (χ1n) is 9.29. The van der Waals surface area contributed by atoms with E-state index in [4.69, 9.17) is 9.47 Å². The van der Waals surface area contributed by atoms with Crippen LogP contribution in [0.2, 0.25) is 0 Å². The number of nitrogens with one attached hydrogen (secondary N) is 3. The molecule has 3 amide bonds. The van der Waals surface area contributed by atoms with E-state index in [0.717, 1.165) is 10.0 Å². The van der Waals surface area contributed by atoms with Crippen molar-refractivity contribution in [3.8, 4) is 11.5 Å². The minimum atomic E-state index is -0.514. The predicted molar refractivity (Wildman–Crippen MR) is 120 cm³/mol. The monoisotopic (exact) mass is 492 g/mol. The van der Waals surface area contributed by atoms with E-state index < -0.39 is 11.8 Å². The third-order valence-electron chi connectivity index (χ3n) is 4.25. The van der Waals surface area contributed by atoms with E-state index in [-0.39, 0.29) is 24.6 Å². The highest BCUT2D eigenvalue weighted by molar-refractivity contribution is 9.10. The highest BCUT2D eigenvalue weighted by Gasteiger charge is 2.14. The van der Waals surface area contributed by atoms with Crippen LogP contribution < -0.4 is 25.6 Å². The summed E-state index contributed by atoms with van der Waals surface area (Å²) in [5.41, 5.74) is 6.57. The number of hydrogen-bond acceptors (Lipinski definition) is 6. The molecule has 0 aliphatic carbocycles. The molecule has 0 aromatic heterocycles. The van der Waals surface area contributed by atoms with Crippen molar-refractivity contribution in [3.63, 3.8) is 0 Å². The van der Waals surface area contributed by atoms with Gasteiger partial charge in [-0.05, 0) is 55.9 Å². The first-order chi connectivity index (χ1) is 14.7. The lowest BCUT2D eigenvalue weighted by molar-refractivity contribution is -0.123. The maximum absolute atomic E-state index is 12.2. The molecule has 0 aliphatic heterocycles. The number of nitrogens with zero attached hydrogens (tertiary/aromatic N) is 1. The van der Waals surface area contributed by atoms with Gasteiger partial charge in [-0.1, -0.05) is 15.9 Å². The number of rotatable bonds is 8. The molecule has 2 aromatic carbocycles. The Morgan fingerprint density at radius 1 is 0.935 bits per heavy atom. The summed E-state index contributed by atoms with van der Waals surface area (Å²) in [5, 5.41) is 2.81. The van der Waals surface area contributed by atoms with Gasteiger partial charge in [0.05, 0.1) is 27.3 Å². The second-order valence-corrected chi connectivity index (χ2v) is 7.67. The number of hydrazine groups is 1. The molecule has 0 heterocycles. The zero-order chi connectivity index (χ0) is 23.0. The van der Waals surface area contributed by atoms with Crippen LogP contribution in [0.1, 0.15) is 15.9 Å². The molecule has 9 nitrogen and oxygen atoms in total. The minimum Gasteiger partial charge on any atom is -0.493 e. The van der Waals surface area contributed by atoms with Gasteiger partial charge in [0, 0.05) is 15.7 Å². The van der Waals surface area contributed by atoms with Crippen molar-refractivity contribution < 1.29 is 23.9 Å². The maximum Gasteiger partial charge on any atom is 0.269 e. The van der Waals surface area contributed by atoms with Crippen LogP contribution in [-0.4, -0.2) is 57.0 Å². The Labute approximate surface area is 189 Å². The van der Waals surface area contributed by atoms with Crippen LogP contribution in [0, 0.1) is 6.92 Å². The van der Waals surface area contributed by atoms with Gasteiger partial charge in [0.2, 0.25) is 5.91 Å². The molecule has 166 valence electrons. The Morgan fingerprint density at radius 3 is 2.26 bits per heavy atom. The van der Waals surface area contributed by atoms with Crippen molar-refractivity contribution in [2.24, 2.45) is 0 Å². The van der Waals surface area contributed by atoms with Crippen LogP contribution in [0.5, 0.6) is 11.5 Å². The average molecular weight is 493 g/mol. The second-order valence-electron chi connectivity index (χ2n) is 6.75. The summed E-state index contributed by atoms with van der Waals surface area (Å²) >= 11 is 3.38. The number of halogens is 1. The van der Waals surface area contributed by atoms with E-state index >= 15 is 0 Å². The number of aryl methyl sites for hydroxylation is 1. The molecular formula is C21H25BrN4O5. The second kappa shape index (κ2) is 11.3. The molecule has 2 aromatic rings. The summed E-state index contributed by atoms with van der Waals surface area (Å²) in [5.74, 6) is -0.353. The van der Waals surface area contributed by atoms with Gasteiger partial charge in [0.25, 0.3) is 11.8 Å². The van der Waals surface area contributed by atoms with Crippen molar-refractivity contribution in [2.45, 2.75) is 6.92 Å². The van der Waals surface area contributed by atoms with Crippen molar-refractivity contribution in [3.05, 3.63) is 52.0 Å². The van der Waals surface area contributed by atoms with Gasteiger partial charge in [0.1, 0.15) is 0 Å². The SMILES string of the molecule is COc1ccc(C(=O)NNC(=O)CN(C)CC(=O)Nc2ccc(Br)cc2C)cc1OC. The quantitative estimate of drug-likeness (QED) is 0.487. The van der Waals surface area contributed by atoms with E-state index in [9.17, 15) is 14.4 Å². The van der Waals surface area contributed by atoms with Gasteiger partial charge < -0.3 is 14.8 Å². The highest BCUT2D eigenvalue weighted by Crippen LogP contribution is 2.27. The van der Waals surface area contributed by atoms with Crippen LogP contribution >= 0.6 is 15.9 Å². The zero-order valence-electron chi connectivity index (χ0n) is 17.7. The molecule has 31 heavy (non-hydrogen) atoms. The van der Waals surface area contributed by atoms with Crippen molar-refractivity contribution in [1.82, 2.24) is 15.8 Å². The summed E-state index contributed by atoms with van der Waals surface area (Å²) in [6.45, 7) is 1.81. The molecule has 10 heteroatoms. The first-order valence-corrected chi connectivity index (χ1v) is 10.1. The number of methoxy groups -OCH3 is 2. The molecule has 0 unspecified atom stereocenters. The Balaban J connectivity index is 1.81. The third-order valence-corrected chi connectivity index (χ3v) is 4.74. The lowest BCUT2D eigenvalue weighted by atomic mass is 10.2. The number of carbonyl (C=O) groups is 3. The van der Waals surface area contributed by atoms with E-state index in [1.54, 1.807) is 25.2 Å². The molecule has 3 N–H and O–H groups in total. The molecule has 2 rings (SSSR count). The maximum atomic E-state index is 12.2. The highest BCUT2D eigenvalue weighted by atomic mass is 79.9. The number of benzene rings is 2. The Morgan fingerprint density at radius 2 is 1.61 bits per heavy atom. The van der Waals surface area contributed by atoms with Crippen LogP contribution in [0.25, 0.3) is 0 Å². The van der Waals surface area contributed by atoms with Gasteiger partial charge in [-0.15, -0.1) is 0 Å². The minimum absolute atomic E-state index is 0.00650. The van der Waals surface area contributed by atoms with Crippen molar-refractivity contribution >= 4 is 39.3 Å². The Bertz CT molecular complexity index is 967. The fraction of sp³-hybridized carbons (Fsp3) is 0.286. The molecule has 0 spiro atoms. The molecular weight excluding hydrogens is 468 g/mol. The van der Waals surface area contributed by atoms with Crippen LogP contribution in [-0.2, 0) is 9.59 Å². The Kier molecular flexibility index (Phi) is 8.83. The number of likely N-dealkylation sites (N-methyl/N-ethyl adjacent to an activating group) is 1. The molecule has 0 bridgehead atoms. The average Bonchev–Trinajstić information content (AvgIpc) is 2.73. The summed E-state index contributed by atoms with van der Waals surface area (Å²) < 4.78 is 11.2. The fourth-order valence-corrected chi connectivity index (χ4v) is 3.19. The largest absolute Gasteiger partial charge is 0.493 e. The number of ether oxygens (including phenoxy) is 2. The van der Waals surface area contributed by atoms with Crippen LogP contribution in [0.4, 0.5) is 5.69 Å². The topological polar surface area (TPSA) is 109 Å². The van der Waals surface area contributed by atoms with Gasteiger partial charge in [-0.25, -0.2) is 0 Å². The smallest absolute Gasteiger partial charge is 0.269 e. The van der Waals surface area contributed by atoms with Gasteiger partial charge in [-0.3, -0.25) is 30.1 Å². The van der Waals surface area contributed by atoms with Gasteiger partial charge >= 0.3 is 0 Å². The standard InChI is InChI=1S/C21H25BrN4O5/c1-13-9-15(22)6-7-16(13)23-19(27)11-26(2)12-20(28)24-25-21(29)14-5-8-17(30-3)18(10-14)31-4/h5-10H,11-12H2,1-4H3,(H,23,27)(H,24,28)(H,25,29). The zero-order valence-corrected chi connectivity index (χ0v) is 19.3. The number of amides is 3. The molecule has 0 fully saturated rings. The van der Waals surface area contributed by atoms with Crippen LogP contribution in [0.3, 0.4) is 0 Å². The normalized spacial score (nSPS) is 10.4. The lowest BCUT2D eigenvalue weighted by Gasteiger charge is -2.17. The number of hydrogen-bond donors (Lipinski definition) is 3. The predicted octanol–water partition coefficient (Wildman–Crippen LogP) is 2.11. The number of carbonyl (C=O) groups excluding carboxylic acids is 3. The summed E-state index contributed by atoms with van der Waals surface area (Å²) in [7, 11) is 4.59. The van der Waals surface area contributed by atoms with E-state index in [0.29, 0.717) is 17.2 Å². The summed E-state index contributed by atoms with van der Waals surface area (Å²) in [6, 6.07) is 10.2. The lowest BCUT2D eigenvalue weighted by Crippen LogP contribution is -2.46. The summed E-state index contributed by atoms with van der Waals surface area (Å²) in [4.78, 5) is 38.1. The molecule has 0 saturated heterocycles. The third kappa shape index (κ3) is 7.26. The van der Waals surface area contributed by atoms with Crippen LogP contribution in [0.15, 0.2) is 40.9 Å². The molecule has 0 aliphatic rings. The molecule has 0 saturated carbocycles. The van der Waals surface area contributed by atoms with Crippen molar-refractivity contribution in [2.75, 3.05) is 39.7 Å². The van der Waals surface area contributed by atoms with Crippen molar-refractivity contribution in [1.29, 1.82) is 0 Å². The molecule has 0 atom stereocenters. The summed E-state index contributed by atoms with van der Waals surface area (Å²) in [6.07, 6.45) is 0. The fourth-order valence-electron chi connectivity index (χ4n) is 2.72. The van der Waals surface area contributed by atoms with E-state index in [1.165, 1.54) is 25.2 Å². The van der Waals surface area contributed by atoms with Gasteiger partial charge in [-0.2, -0.15) is 0 Å². The van der Waals surface area contributed by atoms with E-state index in [1.807, 2.05) is 19.1 Å². The van der Waals surface area contributed by atoms with E-state index in [2.05, 4.69) is 32.1 Å². The Hall–Kier alpha value is -3.11.